The number of aromatic nitrogens is 6. The standard InChI is InChI=1S/C45H43F2N9O4S/c1-2-34-37(46)15-12-28-7-4-9-35(38(28)34)40-39(47)41-36(20-48-40)43(54-22-30-13-14-31(23-54)50-30)52-44(51-41)59-25-45-16-5-17-55(45)24-32(19-45)60-61(57,58)33-8-3-6-27(18-33)21-56-26-49-42(53-56)29-10-11-29/h1,3-4,6-9,12,15,18,20,26,29-32,50H,5,10-11,13-14,16-17,19,21-25H2/t30?,31?,32-,45?/m1/s1. The number of nitrogens with zero attached hydrogens (tertiary/aromatic N) is 8. The lowest BCUT2D eigenvalue weighted by molar-refractivity contribution is 0.107. The first-order valence-corrected chi connectivity index (χ1v) is 22.4. The molecule has 16 heteroatoms. The highest BCUT2D eigenvalue weighted by Crippen LogP contribution is 2.43. The summed E-state index contributed by atoms with van der Waals surface area (Å²) >= 11 is 0. The molecule has 3 aromatic carbocycles. The molecule has 11 rings (SSSR count). The molecule has 3 unspecified atom stereocenters. The second kappa shape index (κ2) is 14.8. The maximum Gasteiger partial charge on any atom is 0.319 e. The van der Waals surface area contributed by atoms with Crippen molar-refractivity contribution in [3.63, 3.8) is 0 Å². The fourth-order valence-corrected chi connectivity index (χ4v) is 11.2. The number of anilines is 1. The van der Waals surface area contributed by atoms with Gasteiger partial charge < -0.3 is 15.0 Å². The summed E-state index contributed by atoms with van der Waals surface area (Å²) in [4.78, 5) is 23.1. The van der Waals surface area contributed by atoms with E-state index in [4.69, 9.17) is 25.3 Å². The van der Waals surface area contributed by atoms with Crippen molar-refractivity contribution in [3.8, 4) is 29.6 Å². The number of pyridine rings is 1. The fraction of sp³-hybridized carbons (Fsp3) is 0.400. The molecule has 5 aliphatic rings. The predicted octanol–water partition coefficient (Wildman–Crippen LogP) is 5.95. The molecule has 0 amide bonds. The van der Waals surface area contributed by atoms with Gasteiger partial charge in [0.25, 0.3) is 10.1 Å². The summed E-state index contributed by atoms with van der Waals surface area (Å²) in [5.74, 6) is 2.96. The van der Waals surface area contributed by atoms with E-state index in [0.717, 1.165) is 56.5 Å². The van der Waals surface area contributed by atoms with E-state index in [2.05, 4.69) is 36.1 Å². The van der Waals surface area contributed by atoms with E-state index in [1.165, 1.54) is 6.07 Å². The molecule has 2 bridgehead atoms. The Morgan fingerprint density at radius 3 is 2.64 bits per heavy atom. The minimum absolute atomic E-state index is 0.00405. The minimum Gasteiger partial charge on any atom is -0.461 e. The van der Waals surface area contributed by atoms with Crippen molar-refractivity contribution < 1.29 is 26.1 Å². The summed E-state index contributed by atoms with van der Waals surface area (Å²) < 4.78 is 73.8. The average Bonchev–Trinajstić information content (AvgIpc) is 3.53. The summed E-state index contributed by atoms with van der Waals surface area (Å²) in [6, 6.07) is 15.5. The van der Waals surface area contributed by atoms with Crippen LogP contribution in [-0.2, 0) is 20.8 Å². The highest BCUT2D eigenvalue weighted by molar-refractivity contribution is 7.86. The number of benzene rings is 3. The maximum atomic E-state index is 17.1. The molecular weight excluding hydrogens is 801 g/mol. The van der Waals surface area contributed by atoms with Gasteiger partial charge in [-0.05, 0) is 80.6 Å². The van der Waals surface area contributed by atoms with Gasteiger partial charge >= 0.3 is 6.01 Å². The molecule has 5 fully saturated rings. The molecule has 3 aromatic heterocycles. The van der Waals surface area contributed by atoms with E-state index in [-0.39, 0.29) is 46.4 Å². The summed E-state index contributed by atoms with van der Waals surface area (Å²) in [6.07, 6.45) is 14.8. The number of piperazine rings is 1. The van der Waals surface area contributed by atoms with Gasteiger partial charge in [0, 0.05) is 54.8 Å². The van der Waals surface area contributed by atoms with Crippen molar-refractivity contribution in [1.29, 1.82) is 0 Å². The third kappa shape index (κ3) is 6.97. The van der Waals surface area contributed by atoms with Gasteiger partial charge in [-0.2, -0.15) is 23.5 Å². The number of hydrogen-bond acceptors (Lipinski definition) is 12. The van der Waals surface area contributed by atoms with E-state index in [0.29, 0.717) is 66.1 Å². The first kappa shape index (κ1) is 38.3. The van der Waals surface area contributed by atoms with Crippen LogP contribution in [0.25, 0.3) is 32.9 Å². The van der Waals surface area contributed by atoms with Gasteiger partial charge in [0.1, 0.15) is 35.8 Å². The van der Waals surface area contributed by atoms with E-state index in [9.17, 15) is 12.8 Å². The van der Waals surface area contributed by atoms with Gasteiger partial charge in [0.15, 0.2) is 11.6 Å². The van der Waals surface area contributed by atoms with Gasteiger partial charge in [-0.15, -0.1) is 6.42 Å². The second-order valence-electron chi connectivity index (χ2n) is 17.2. The summed E-state index contributed by atoms with van der Waals surface area (Å²) in [5, 5.41) is 9.69. The molecule has 4 atom stereocenters. The number of ether oxygens (including phenoxy) is 1. The SMILES string of the molecule is C#Cc1c(F)ccc2cccc(-c3ncc4c(N5CC6CCC(C5)N6)nc(OCC56CCCN5C[C@H](OS(=O)(=O)c5cccc(Cn7cnc(C8CC8)n7)c5)C6)nc4c3F)c12. The molecule has 0 radical (unpaired) electrons. The molecule has 1 aliphatic carbocycles. The Labute approximate surface area is 351 Å². The van der Waals surface area contributed by atoms with Gasteiger partial charge in [-0.1, -0.05) is 42.3 Å². The summed E-state index contributed by atoms with van der Waals surface area (Å²) in [7, 11) is -4.11. The molecule has 13 nitrogen and oxygen atoms in total. The molecule has 61 heavy (non-hydrogen) atoms. The molecule has 4 aliphatic heterocycles. The zero-order valence-electron chi connectivity index (χ0n) is 33.3. The molecular formula is C45H43F2N9O4S. The van der Waals surface area contributed by atoms with Crippen LogP contribution in [0.1, 0.15) is 67.8 Å². The molecule has 1 saturated carbocycles. The Balaban J connectivity index is 0.878. The maximum absolute atomic E-state index is 17.1. The number of fused-ring (bicyclic) bond motifs is 5. The van der Waals surface area contributed by atoms with Crippen molar-refractivity contribution in [2.75, 3.05) is 37.7 Å². The number of halogens is 2. The van der Waals surface area contributed by atoms with Crippen LogP contribution in [0.15, 0.2) is 72.0 Å². The lowest BCUT2D eigenvalue weighted by Gasteiger charge is -2.34. The zero-order chi connectivity index (χ0) is 41.5. The zero-order valence-corrected chi connectivity index (χ0v) is 34.1. The van der Waals surface area contributed by atoms with Crippen molar-refractivity contribution in [2.24, 2.45) is 0 Å². The Morgan fingerprint density at radius 1 is 0.984 bits per heavy atom. The van der Waals surface area contributed by atoms with Crippen LogP contribution >= 0.6 is 0 Å². The highest BCUT2D eigenvalue weighted by Gasteiger charge is 2.51. The van der Waals surface area contributed by atoms with Crippen molar-refractivity contribution in [1.82, 2.24) is 39.9 Å². The van der Waals surface area contributed by atoms with Gasteiger partial charge in [0.05, 0.1) is 34.0 Å². The van der Waals surface area contributed by atoms with Crippen molar-refractivity contribution in [2.45, 2.75) is 86.0 Å². The van der Waals surface area contributed by atoms with E-state index >= 15 is 4.39 Å². The summed E-state index contributed by atoms with van der Waals surface area (Å²) in [6.45, 7) is 3.06. The Hall–Kier alpha value is -5.60. The predicted molar refractivity (Wildman–Crippen MR) is 224 cm³/mol. The third-order valence-corrected chi connectivity index (χ3v) is 14.4. The number of terminal acetylenes is 1. The van der Waals surface area contributed by atoms with Crippen LogP contribution in [-0.4, -0.2) is 99.5 Å². The molecule has 4 saturated heterocycles. The van der Waals surface area contributed by atoms with Crippen LogP contribution in [0.4, 0.5) is 14.6 Å². The molecule has 312 valence electrons. The smallest absolute Gasteiger partial charge is 0.319 e. The Bertz CT molecular complexity index is 2870. The topological polar surface area (TPSA) is 140 Å². The lowest BCUT2D eigenvalue weighted by atomic mass is 9.94. The fourth-order valence-electron chi connectivity index (χ4n) is 10.0. The minimum atomic E-state index is -4.11. The quantitative estimate of drug-likeness (QED) is 0.122. The highest BCUT2D eigenvalue weighted by atomic mass is 32.2. The molecule has 1 N–H and O–H groups in total. The number of hydrogen-bond donors (Lipinski definition) is 1. The van der Waals surface area contributed by atoms with Crippen molar-refractivity contribution >= 4 is 37.6 Å². The summed E-state index contributed by atoms with van der Waals surface area (Å²) in [5.41, 5.74) is 0.634. The van der Waals surface area contributed by atoms with Gasteiger partial charge in [0.2, 0.25) is 0 Å². The van der Waals surface area contributed by atoms with E-state index in [1.807, 2.05) is 6.07 Å². The lowest BCUT2D eigenvalue weighted by Crippen LogP contribution is -2.51. The molecule has 7 heterocycles. The Kier molecular flexibility index (Phi) is 9.30. The normalized spacial score (nSPS) is 23.8. The molecule has 6 aromatic rings. The van der Waals surface area contributed by atoms with Gasteiger partial charge in [-0.25, -0.2) is 18.4 Å². The van der Waals surface area contributed by atoms with Crippen LogP contribution in [0.5, 0.6) is 6.01 Å². The van der Waals surface area contributed by atoms with Crippen LogP contribution in [0.2, 0.25) is 0 Å². The monoisotopic (exact) mass is 843 g/mol. The van der Waals surface area contributed by atoms with Crippen LogP contribution in [0, 0.1) is 24.0 Å². The van der Waals surface area contributed by atoms with Gasteiger partial charge in [-0.3, -0.25) is 14.1 Å². The van der Waals surface area contributed by atoms with E-state index < -0.39 is 33.4 Å². The largest absolute Gasteiger partial charge is 0.461 e. The van der Waals surface area contributed by atoms with E-state index in [1.54, 1.807) is 59.7 Å². The van der Waals surface area contributed by atoms with Crippen LogP contribution in [0.3, 0.4) is 0 Å². The number of rotatable bonds is 11. The second-order valence-corrected chi connectivity index (χ2v) is 18.8. The van der Waals surface area contributed by atoms with Crippen molar-refractivity contribution in [3.05, 3.63) is 95.7 Å². The van der Waals surface area contributed by atoms with Crippen LogP contribution < -0.4 is 15.0 Å². The average molecular weight is 844 g/mol. The Morgan fingerprint density at radius 2 is 1.82 bits per heavy atom. The third-order valence-electron chi connectivity index (χ3n) is 13.1. The number of nitrogens with one attached hydrogen (secondary N) is 1. The molecule has 0 spiro atoms. The first-order valence-electron chi connectivity index (χ1n) is 21.0. The first-order chi connectivity index (χ1) is 29.6.